The minimum Gasteiger partial charge on any atom is -0.388 e. The van der Waals surface area contributed by atoms with Crippen LogP contribution in [0.5, 0.6) is 0 Å². The fraction of sp³-hybridized carbons (Fsp3) is 0.200. The zero-order chi connectivity index (χ0) is 15.6. The van der Waals surface area contributed by atoms with Gasteiger partial charge in [0.2, 0.25) is 0 Å². The molecule has 0 spiro atoms. The zero-order valence-electron chi connectivity index (χ0n) is 10.7. The lowest BCUT2D eigenvalue weighted by Gasteiger charge is -2.17. The molecule has 0 saturated heterocycles. The Bertz CT molecular complexity index is 640. The van der Waals surface area contributed by atoms with Gasteiger partial charge in [0, 0.05) is 10.9 Å². The van der Waals surface area contributed by atoms with Crippen LogP contribution in [0, 0.1) is 5.82 Å². The summed E-state index contributed by atoms with van der Waals surface area (Å²) in [6, 6.07) is 8.87. The van der Waals surface area contributed by atoms with Crippen molar-refractivity contribution in [3.8, 4) is 0 Å². The van der Waals surface area contributed by atoms with Crippen LogP contribution in [0.1, 0.15) is 22.8 Å². The van der Waals surface area contributed by atoms with E-state index in [2.05, 4.69) is 15.9 Å². The normalized spacial score (nSPS) is 13.2. The molecular formula is C15H11BrF4O. The minimum absolute atomic E-state index is 0.147. The van der Waals surface area contributed by atoms with E-state index < -0.39 is 23.7 Å². The van der Waals surface area contributed by atoms with Crippen LogP contribution >= 0.6 is 15.9 Å². The molecule has 2 aromatic carbocycles. The van der Waals surface area contributed by atoms with E-state index in [-0.39, 0.29) is 17.5 Å². The lowest BCUT2D eigenvalue weighted by atomic mass is 9.96. The summed E-state index contributed by atoms with van der Waals surface area (Å²) in [6.07, 6.45) is -6.24. The summed E-state index contributed by atoms with van der Waals surface area (Å²) in [5, 5.41) is 10.1. The van der Waals surface area contributed by atoms with Crippen molar-refractivity contribution in [1.82, 2.24) is 0 Å². The molecule has 0 aromatic heterocycles. The highest BCUT2D eigenvalue weighted by Gasteiger charge is 2.34. The third-order valence-electron chi connectivity index (χ3n) is 3.05. The predicted octanol–water partition coefficient (Wildman–Crippen LogP) is 4.88. The molecule has 0 aliphatic heterocycles. The van der Waals surface area contributed by atoms with Crippen LogP contribution in [0.3, 0.4) is 0 Å². The number of rotatable bonds is 3. The van der Waals surface area contributed by atoms with E-state index in [0.29, 0.717) is 4.47 Å². The van der Waals surface area contributed by atoms with Gasteiger partial charge >= 0.3 is 6.18 Å². The minimum atomic E-state index is -4.56. The molecule has 6 heteroatoms. The number of benzene rings is 2. The van der Waals surface area contributed by atoms with E-state index in [1.54, 1.807) is 0 Å². The van der Waals surface area contributed by atoms with Crippen molar-refractivity contribution >= 4 is 15.9 Å². The molecule has 1 nitrogen and oxygen atoms in total. The number of hydrogen-bond donors (Lipinski definition) is 1. The van der Waals surface area contributed by atoms with Gasteiger partial charge in [-0.1, -0.05) is 34.1 Å². The molecule has 112 valence electrons. The average Bonchev–Trinajstić information content (AvgIpc) is 2.42. The standard InChI is InChI=1S/C15H11BrF4O/c16-10-5-6-13(17)9(7-10)8-14(21)11-3-1-2-4-12(11)15(18,19)20/h1-7,14,21H,8H2. The molecule has 0 aliphatic carbocycles. The summed E-state index contributed by atoms with van der Waals surface area (Å²) in [5.41, 5.74) is -1.02. The van der Waals surface area contributed by atoms with Crippen molar-refractivity contribution in [2.75, 3.05) is 0 Å². The van der Waals surface area contributed by atoms with E-state index in [9.17, 15) is 22.7 Å². The summed E-state index contributed by atoms with van der Waals surface area (Å²) >= 11 is 3.16. The molecule has 0 fully saturated rings. The second-order valence-corrected chi connectivity index (χ2v) is 5.46. The van der Waals surface area contributed by atoms with Gasteiger partial charge in [-0.3, -0.25) is 0 Å². The first-order valence-electron chi connectivity index (χ1n) is 6.07. The molecule has 0 saturated carbocycles. The molecule has 0 bridgehead atoms. The van der Waals surface area contributed by atoms with Gasteiger partial charge in [0.15, 0.2) is 0 Å². The Kier molecular flexibility index (Phi) is 4.68. The number of aliphatic hydroxyl groups is 1. The van der Waals surface area contributed by atoms with Crippen LogP contribution in [0.25, 0.3) is 0 Å². The summed E-state index contributed by atoms with van der Waals surface area (Å²) in [4.78, 5) is 0. The Morgan fingerprint density at radius 3 is 2.43 bits per heavy atom. The largest absolute Gasteiger partial charge is 0.416 e. The van der Waals surface area contributed by atoms with Crippen molar-refractivity contribution in [2.45, 2.75) is 18.7 Å². The molecule has 1 N–H and O–H groups in total. The fourth-order valence-corrected chi connectivity index (χ4v) is 2.47. The summed E-state index contributed by atoms with van der Waals surface area (Å²) in [5.74, 6) is -0.568. The van der Waals surface area contributed by atoms with Gasteiger partial charge in [-0.2, -0.15) is 13.2 Å². The van der Waals surface area contributed by atoms with Crippen LogP contribution in [0.15, 0.2) is 46.9 Å². The van der Waals surface area contributed by atoms with Gasteiger partial charge in [-0.25, -0.2) is 4.39 Å². The van der Waals surface area contributed by atoms with E-state index in [0.717, 1.165) is 6.07 Å². The SMILES string of the molecule is OC(Cc1cc(Br)ccc1F)c1ccccc1C(F)(F)F. The highest BCUT2D eigenvalue weighted by atomic mass is 79.9. The smallest absolute Gasteiger partial charge is 0.388 e. The maximum Gasteiger partial charge on any atom is 0.416 e. The Hall–Kier alpha value is -1.40. The predicted molar refractivity (Wildman–Crippen MR) is 74.2 cm³/mol. The highest BCUT2D eigenvalue weighted by Crippen LogP contribution is 2.35. The van der Waals surface area contributed by atoms with Gasteiger partial charge in [0.1, 0.15) is 5.82 Å². The first-order valence-corrected chi connectivity index (χ1v) is 6.86. The van der Waals surface area contributed by atoms with E-state index in [1.807, 2.05) is 0 Å². The van der Waals surface area contributed by atoms with Crippen LogP contribution in [0.2, 0.25) is 0 Å². The molecule has 21 heavy (non-hydrogen) atoms. The van der Waals surface area contributed by atoms with Gasteiger partial charge in [-0.15, -0.1) is 0 Å². The zero-order valence-corrected chi connectivity index (χ0v) is 12.2. The third kappa shape index (κ3) is 3.83. The van der Waals surface area contributed by atoms with Crippen LogP contribution in [-0.4, -0.2) is 5.11 Å². The van der Waals surface area contributed by atoms with Gasteiger partial charge < -0.3 is 5.11 Å². The van der Waals surface area contributed by atoms with Crippen LogP contribution in [-0.2, 0) is 12.6 Å². The second kappa shape index (κ2) is 6.15. The summed E-state index contributed by atoms with van der Waals surface area (Å²) < 4.78 is 52.9. The highest BCUT2D eigenvalue weighted by molar-refractivity contribution is 9.10. The molecule has 1 atom stereocenters. The number of aliphatic hydroxyl groups excluding tert-OH is 1. The van der Waals surface area contributed by atoms with Crippen molar-refractivity contribution < 1.29 is 22.7 Å². The summed E-state index contributed by atoms with van der Waals surface area (Å²) in [6.45, 7) is 0. The van der Waals surface area contributed by atoms with E-state index in [1.165, 1.54) is 36.4 Å². The molecule has 0 radical (unpaired) electrons. The van der Waals surface area contributed by atoms with Crippen molar-refractivity contribution in [2.24, 2.45) is 0 Å². The maximum absolute atomic E-state index is 13.6. The average molecular weight is 363 g/mol. The van der Waals surface area contributed by atoms with Gasteiger partial charge in [0.25, 0.3) is 0 Å². The molecule has 0 amide bonds. The molecule has 2 rings (SSSR count). The lowest BCUT2D eigenvalue weighted by molar-refractivity contribution is -0.139. The molecule has 1 unspecified atom stereocenters. The lowest BCUT2D eigenvalue weighted by Crippen LogP contribution is -2.13. The quantitative estimate of drug-likeness (QED) is 0.771. The third-order valence-corrected chi connectivity index (χ3v) is 3.54. The Labute approximate surface area is 127 Å². The maximum atomic E-state index is 13.6. The van der Waals surface area contributed by atoms with Crippen LogP contribution < -0.4 is 0 Å². The number of halogens is 5. The van der Waals surface area contributed by atoms with Crippen molar-refractivity contribution in [3.05, 3.63) is 69.4 Å². The van der Waals surface area contributed by atoms with Crippen molar-refractivity contribution in [1.29, 1.82) is 0 Å². The van der Waals surface area contributed by atoms with Gasteiger partial charge in [-0.05, 0) is 35.4 Å². The Balaban J connectivity index is 2.33. The van der Waals surface area contributed by atoms with Crippen molar-refractivity contribution in [3.63, 3.8) is 0 Å². The van der Waals surface area contributed by atoms with E-state index >= 15 is 0 Å². The molecule has 2 aromatic rings. The first kappa shape index (κ1) is 16.0. The number of hydrogen-bond acceptors (Lipinski definition) is 1. The monoisotopic (exact) mass is 362 g/mol. The summed E-state index contributed by atoms with van der Waals surface area (Å²) in [7, 11) is 0. The molecule has 0 heterocycles. The van der Waals surface area contributed by atoms with E-state index in [4.69, 9.17) is 0 Å². The Morgan fingerprint density at radius 1 is 1.10 bits per heavy atom. The fourth-order valence-electron chi connectivity index (χ4n) is 2.06. The molecule has 0 aliphatic rings. The Morgan fingerprint density at radius 2 is 1.76 bits per heavy atom. The topological polar surface area (TPSA) is 20.2 Å². The second-order valence-electron chi connectivity index (χ2n) is 4.54. The first-order chi connectivity index (χ1) is 9.79. The number of alkyl halides is 3. The van der Waals surface area contributed by atoms with Crippen LogP contribution in [0.4, 0.5) is 17.6 Å². The molecular weight excluding hydrogens is 352 g/mol. The van der Waals surface area contributed by atoms with Gasteiger partial charge in [0.05, 0.1) is 11.7 Å².